The number of phenols is 1. The summed E-state index contributed by atoms with van der Waals surface area (Å²) in [5, 5.41) is 48.1. The molecule has 11 heteroatoms. The van der Waals surface area contributed by atoms with Gasteiger partial charge in [-0.1, -0.05) is 61.8 Å². The number of aliphatic imine (C=N–C) groups is 1. The number of fused-ring (bicyclic) bond motifs is 6. The van der Waals surface area contributed by atoms with Gasteiger partial charge in [0.15, 0.2) is 17.7 Å². The number of benzene rings is 2. The number of carbonyl (C=O) groups excluding carboxylic acids is 1. The lowest BCUT2D eigenvalue weighted by atomic mass is 9.70. The Balaban J connectivity index is 1.02. The van der Waals surface area contributed by atoms with Gasteiger partial charge in [0.2, 0.25) is 0 Å². The number of aliphatic hydroxyl groups is 3. The fourth-order valence-electron chi connectivity index (χ4n) is 10.8. The van der Waals surface area contributed by atoms with Gasteiger partial charge >= 0.3 is 0 Å². The Morgan fingerprint density at radius 2 is 1.97 bits per heavy atom. The van der Waals surface area contributed by atoms with E-state index in [1.54, 1.807) is 6.07 Å². The number of aromatic hydroxyl groups is 1. The van der Waals surface area contributed by atoms with E-state index in [-0.39, 0.29) is 54.5 Å². The van der Waals surface area contributed by atoms with E-state index in [2.05, 4.69) is 40.3 Å². The molecule has 2 aromatic rings. The lowest BCUT2D eigenvalue weighted by molar-refractivity contribution is -0.122. The fraction of sp³-hybridized carbons (Fsp3) is 0.458. The van der Waals surface area contributed by atoms with Gasteiger partial charge in [-0.05, 0) is 89.5 Å². The summed E-state index contributed by atoms with van der Waals surface area (Å²) in [6.45, 7) is 2.49. The summed E-state index contributed by atoms with van der Waals surface area (Å²) >= 11 is 0. The molecule has 3 aliphatic carbocycles. The fourth-order valence-corrected chi connectivity index (χ4v) is 10.8. The maximum Gasteiger partial charge on any atom is 0.187 e. The van der Waals surface area contributed by atoms with Crippen LogP contribution in [0.25, 0.3) is 5.57 Å². The van der Waals surface area contributed by atoms with Crippen LogP contribution in [0.5, 0.6) is 17.2 Å². The highest BCUT2D eigenvalue weighted by atomic mass is 16.5. The van der Waals surface area contributed by atoms with E-state index in [4.69, 9.17) is 20.2 Å². The minimum absolute atomic E-state index is 0.0219. The zero-order valence-electron chi connectivity index (χ0n) is 33.2. The molecule has 9 atom stereocenters. The van der Waals surface area contributed by atoms with Crippen LogP contribution in [0.4, 0.5) is 0 Å². The first-order valence-corrected chi connectivity index (χ1v) is 21.2. The molecule has 7 N–H and O–H groups in total. The third-order valence-electron chi connectivity index (χ3n) is 13.9. The SMILES string of the molecule is CC1C=CC(C(O)CC(=O)CCc2cc3c(cc2O)OC#CC2(CCCC2)C2C#CC(O)c4ccc5c6c4C(CCC6=CNC5N)C4=CN=C5CN(C=C45)C2O3)C(O)C1. The van der Waals surface area contributed by atoms with Crippen molar-refractivity contribution in [3.05, 3.63) is 94.0 Å². The van der Waals surface area contributed by atoms with E-state index in [1.165, 1.54) is 11.6 Å². The molecule has 0 aromatic heterocycles. The Labute approximate surface area is 344 Å². The Morgan fingerprint density at radius 3 is 2.80 bits per heavy atom. The number of allylic oxidation sites excluding steroid dienone is 3. The molecule has 1 saturated carbocycles. The Hall–Kier alpha value is -5.30. The standard InChI is InChI=1S/C48H50N4O7/c1-26-4-8-31(40(56)18-26)41(57)20-29(53)7-5-27-19-43-42(21-39(27)55)58-17-16-48(14-2-3-15-48)36-12-13-38(54)32-10-11-33-44-28(22-51-46(33)49)6-9-30(45(32)44)34-23-50-37-25-52(24-35(34)37)47(36)59-43/h4,8,10-11,19,21-24,26,30-31,36,38,40-41,46-47,51,54-57H,2-3,5-7,9,14-15,18,20,25,49H2,1H3. The maximum atomic E-state index is 13.2. The number of hydrogen-bond acceptors (Lipinski definition) is 11. The molecule has 0 saturated heterocycles. The topological polar surface area (TPSA) is 170 Å². The maximum absolute atomic E-state index is 13.2. The van der Waals surface area contributed by atoms with Gasteiger partial charge in [-0.3, -0.25) is 9.79 Å². The number of aliphatic hydroxyl groups excluding tert-OH is 3. The molecule has 9 unspecified atom stereocenters. The largest absolute Gasteiger partial charge is 0.508 e. The van der Waals surface area contributed by atoms with Crippen LogP contribution >= 0.6 is 0 Å². The van der Waals surface area contributed by atoms with Gasteiger partial charge in [0.1, 0.15) is 29.9 Å². The Bertz CT molecular complexity index is 2400. The number of Topliss-reactive ketones (excluding diaryl/α,β-unsaturated/α-hetero) is 1. The number of ketones is 1. The molecule has 0 amide bonds. The molecule has 11 nitrogen and oxygen atoms in total. The second-order valence-electron chi connectivity index (χ2n) is 17.7. The third kappa shape index (κ3) is 6.56. The van der Waals surface area contributed by atoms with E-state index >= 15 is 0 Å². The minimum Gasteiger partial charge on any atom is -0.508 e. The number of phenolic OH excluding ortho intramolecular Hbond substituents is 1. The van der Waals surface area contributed by atoms with Crippen LogP contribution in [-0.2, 0) is 11.2 Å². The summed E-state index contributed by atoms with van der Waals surface area (Å²) in [5.74, 6) is 9.94. The number of nitrogens with two attached hydrogens (primary N) is 1. The van der Waals surface area contributed by atoms with Gasteiger partial charge in [0.25, 0.3) is 0 Å². The van der Waals surface area contributed by atoms with Gasteiger partial charge < -0.3 is 45.9 Å². The third-order valence-corrected chi connectivity index (χ3v) is 13.9. The molecule has 1 spiro atoms. The highest BCUT2D eigenvalue weighted by Crippen LogP contribution is 2.53. The van der Waals surface area contributed by atoms with E-state index in [1.807, 2.05) is 43.6 Å². The zero-order valence-corrected chi connectivity index (χ0v) is 33.2. The first-order valence-electron chi connectivity index (χ1n) is 21.2. The van der Waals surface area contributed by atoms with Gasteiger partial charge in [0.05, 0.1) is 35.8 Å². The first-order chi connectivity index (χ1) is 28.6. The average molecular weight is 795 g/mol. The van der Waals surface area contributed by atoms with Gasteiger partial charge in [-0.2, -0.15) is 0 Å². The van der Waals surface area contributed by atoms with Crippen molar-refractivity contribution >= 4 is 17.1 Å². The molecule has 5 aliphatic heterocycles. The second kappa shape index (κ2) is 14.8. The predicted octanol–water partition coefficient (Wildman–Crippen LogP) is 5.52. The molecule has 0 radical (unpaired) electrons. The van der Waals surface area contributed by atoms with E-state index in [0.717, 1.165) is 77.6 Å². The van der Waals surface area contributed by atoms with E-state index in [9.17, 15) is 25.2 Å². The van der Waals surface area contributed by atoms with E-state index < -0.39 is 41.8 Å². The van der Waals surface area contributed by atoms with Crippen molar-refractivity contribution in [3.63, 3.8) is 0 Å². The van der Waals surface area contributed by atoms with Crippen LogP contribution in [-0.4, -0.2) is 61.8 Å². The average Bonchev–Trinajstić information content (AvgIpc) is 3.96. The number of aryl methyl sites for hydroxylation is 1. The van der Waals surface area contributed by atoms with Gasteiger partial charge in [-0.15, -0.1) is 0 Å². The monoisotopic (exact) mass is 794 g/mol. The molecule has 10 rings (SSSR count). The summed E-state index contributed by atoms with van der Waals surface area (Å²) < 4.78 is 13.2. The molecular weight excluding hydrogens is 745 g/mol. The normalized spacial score (nSPS) is 30.7. The highest BCUT2D eigenvalue weighted by Gasteiger charge is 2.49. The molecule has 8 aliphatic rings. The summed E-state index contributed by atoms with van der Waals surface area (Å²) in [6, 6.07) is 7.21. The van der Waals surface area contributed by atoms with Crippen molar-refractivity contribution in [2.45, 2.75) is 108 Å². The van der Waals surface area contributed by atoms with Crippen molar-refractivity contribution in [2.75, 3.05) is 6.54 Å². The first kappa shape index (κ1) is 37.9. The summed E-state index contributed by atoms with van der Waals surface area (Å²) in [4.78, 5) is 20.3. The van der Waals surface area contributed by atoms with Crippen LogP contribution in [0.1, 0.15) is 111 Å². The van der Waals surface area contributed by atoms with Crippen molar-refractivity contribution in [1.82, 2.24) is 10.2 Å². The summed E-state index contributed by atoms with van der Waals surface area (Å²) in [5.41, 5.74) is 14.7. The molecule has 304 valence electrons. The van der Waals surface area contributed by atoms with Gasteiger partial charge in [-0.25, -0.2) is 0 Å². The van der Waals surface area contributed by atoms with Crippen LogP contribution in [0, 0.1) is 47.0 Å². The smallest absolute Gasteiger partial charge is 0.187 e. The minimum atomic E-state index is -1.09. The summed E-state index contributed by atoms with van der Waals surface area (Å²) in [7, 11) is 0. The number of rotatable bonds is 6. The zero-order chi connectivity index (χ0) is 40.6. The molecule has 5 heterocycles. The number of nitrogens with zero attached hydrogens (tertiary/aromatic N) is 2. The van der Waals surface area contributed by atoms with E-state index in [0.29, 0.717) is 24.3 Å². The van der Waals surface area contributed by atoms with Crippen molar-refractivity contribution in [1.29, 1.82) is 0 Å². The number of carbonyl (C=O) groups is 1. The Morgan fingerprint density at radius 1 is 1.14 bits per heavy atom. The van der Waals surface area contributed by atoms with Crippen molar-refractivity contribution in [3.8, 4) is 41.1 Å². The lowest BCUT2D eigenvalue weighted by Crippen LogP contribution is -2.47. The van der Waals surface area contributed by atoms with Gasteiger partial charge in [0, 0.05) is 54.9 Å². The quantitative estimate of drug-likeness (QED) is 0.162. The van der Waals surface area contributed by atoms with Crippen LogP contribution in [0.2, 0.25) is 0 Å². The van der Waals surface area contributed by atoms with Crippen LogP contribution in [0.15, 0.2) is 71.2 Å². The summed E-state index contributed by atoms with van der Waals surface area (Å²) in [6.07, 6.45) is 15.0. The molecule has 59 heavy (non-hydrogen) atoms. The Kier molecular flexibility index (Phi) is 9.49. The molecule has 2 bridgehead atoms. The number of hydrogen-bond donors (Lipinski definition) is 6. The van der Waals surface area contributed by atoms with Crippen molar-refractivity contribution in [2.24, 2.45) is 33.9 Å². The van der Waals surface area contributed by atoms with Crippen LogP contribution < -0.4 is 20.5 Å². The molecule has 2 aromatic carbocycles. The second-order valence-corrected chi connectivity index (χ2v) is 17.7. The number of nitrogens with one attached hydrogen (secondary N) is 1. The van der Waals surface area contributed by atoms with Crippen LogP contribution in [0.3, 0.4) is 0 Å². The highest BCUT2D eigenvalue weighted by molar-refractivity contribution is 6.10. The van der Waals surface area contributed by atoms with Crippen molar-refractivity contribution < 1.29 is 34.7 Å². The molecule has 1 fully saturated rings. The molecular formula is C48H50N4O7. The predicted molar refractivity (Wildman–Crippen MR) is 221 cm³/mol. The lowest BCUT2D eigenvalue weighted by Gasteiger charge is -2.39. The number of ether oxygens (including phenoxy) is 2.